The summed E-state index contributed by atoms with van der Waals surface area (Å²) in [6.07, 6.45) is 9.43. The lowest BCUT2D eigenvalue weighted by Gasteiger charge is -2.47. The molecule has 2 heterocycles. The van der Waals surface area contributed by atoms with Crippen molar-refractivity contribution in [1.29, 1.82) is 0 Å². The van der Waals surface area contributed by atoms with Gasteiger partial charge >= 0.3 is 0 Å². The number of nitrogens with zero attached hydrogens (tertiary/aromatic N) is 3. The maximum atomic E-state index is 13.0. The predicted molar refractivity (Wildman–Crippen MR) is 103 cm³/mol. The van der Waals surface area contributed by atoms with Gasteiger partial charge in [-0.2, -0.15) is 0 Å². The average molecular weight is 389 g/mol. The van der Waals surface area contributed by atoms with E-state index in [2.05, 4.69) is 15.5 Å². The molecule has 7 nitrogen and oxygen atoms in total. The molecule has 2 atom stereocenters. The molecule has 0 spiro atoms. The lowest BCUT2D eigenvalue weighted by molar-refractivity contribution is -0.142. The third-order valence-corrected chi connectivity index (χ3v) is 6.97. The van der Waals surface area contributed by atoms with Crippen LogP contribution in [-0.2, 0) is 15.1 Å². The minimum atomic E-state index is -0.453. The number of nitrogens with one attached hydrogen (secondary N) is 1. The van der Waals surface area contributed by atoms with Crippen molar-refractivity contribution in [2.45, 2.75) is 83.1 Å². The molecule has 0 radical (unpaired) electrons. The van der Waals surface area contributed by atoms with Crippen molar-refractivity contribution in [3.05, 3.63) is 11.8 Å². The molecule has 0 unspecified atom stereocenters. The summed E-state index contributed by atoms with van der Waals surface area (Å²) in [7, 11) is 0. The summed E-state index contributed by atoms with van der Waals surface area (Å²) in [5.74, 6) is 2.19. The summed E-state index contributed by atoms with van der Waals surface area (Å²) in [6, 6.07) is 0. The van der Waals surface area contributed by atoms with Gasteiger partial charge in [0.05, 0.1) is 6.54 Å². The number of hydrogen-bond acceptors (Lipinski definition) is 5. The zero-order valence-corrected chi connectivity index (χ0v) is 17.1. The molecule has 1 N–H and O–H groups in total. The van der Waals surface area contributed by atoms with Gasteiger partial charge in [-0.05, 0) is 43.9 Å². The fraction of sp³-hybridized carbons (Fsp3) is 0.810. The second-order valence-corrected chi connectivity index (χ2v) is 9.08. The maximum absolute atomic E-state index is 13.0. The van der Waals surface area contributed by atoms with E-state index in [1.165, 1.54) is 19.3 Å². The number of aromatic nitrogens is 2. The Bertz CT molecular complexity index is 725. The van der Waals surface area contributed by atoms with E-state index in [4.69, 9.17) is 4.42 Å². The summed E-state index contributed by atoms with van der Waals surface area (Å²) < 4.78 is 5.96. The highest BCUT2D eigenvalue weighted by Crippen LogP contribution is 2.56. The minimum Gasteiger partial charge on any atom is -0.422 e. The first-order valence-corrected chi connectivity index (χ1v) is 10.9. The molecular weight excluding hydrogens is 356 g/mol. The molecule has 1 aromatic rings. The van der Waals surface area contributed by atoms with Crippen molar-refractivity contribution in [3.63, 3.8) is 0 Å². The van der Waals surface area contributed by atoms with Crippen LogP contribution in [0.3, 0.4) is 0 Å². The molecule has 3 aliphatic rings. The number of likely N-dealkylation sites (tertiary alicyclic amines) is 1. The maximum Gasteiger partial charge on any atom is 0.242 e. The fourth-order valence-corrected chi connectivity index (χ4v) is 5.23. The van der Waals surface area contributed by atoms with Gasteiger partial charge in [-0.15, -0.1) is 10.2 Å². The summed E-state index contributed by atoms with van der Waals surface area (Å²) in [4.78, 5) is 27.2. The Balaban J connectivity index is 1.38. The van der Waals surface area contributed by atoms with Gasteiger partial charge in [-0.25, -0.2) is 0 Å². The van der Waals surface area contributed by atoms with Crippen LogP contribution in [0.5, 0.6) is 0 Å². The zero-order valence-electron chi connectivity index (χ0n) is 17.1. The van der Waals surface area contributed by atoms with Crippen molar-refractivity contribution >= 4 is 11.8 Å². The first kappa shape index (κ1) is 19.4. The smallest absolute Gasteiger partial charge is 0.242 e. The summed E-state index contributed by atoms with van der Waals surface area (Å²) in [6.45, 7) is 4.80. The fourth-order valence-electron chi connectivity index (χ4n) is 5.23. The Morgan fingerprint density at radius 2 is 1.96 bits per heavy atom. The SMILES string of the molecule is CC(C)c1nnc([C@]23CC[C@H]2CCN3C(=O)CNC(=O)CC2CCCCC2)o1. The topological polar surface area (TPSA) is 88.3 Å². The van der Waals surface area contributed by atoms with E-state index in [1.54, 1.807) is 0 Å². The Morgan fingerprint density at radius 1 is 1.18 bits per heavy atom. The van der Waals surface area contributed by atoms with Crippen LogP contribution >= 0.6 is 0 Å². The van der Waals surface area contributed by atoms with Crippen molar-refractivity contribution in [1.82, 2.24) is 20.4 Å². The lowest BCUT2D eigenvalue weighted by Crippen LogP contribution is -2.55. The summed E-state index contributed by atoms with van der Waals surface area (Å²) in [5.41, 5.74) is -0.453. The quantitative estimate of drug-likeness (QED) is 0.809. The van der Waals surface area contributed by atoms with Crippen LogP contribution < -0.4 is 5.32 Å². The highest BCUT2D eigenvalue weighted by Gasteiger charge is 2.61. The number of hydrogen-bond donors (Lipinski definition) is 1. The normalized spacial score (nSPS) is 27.5. The van der Waals surface area contributed by atoms with Crippen LogP contribution in [0, 0.1) is 11.8 Å². The minimum absolute atomic E-state index is 0.00135. The van der Waals surface area contributed by atoms with Gasteiger partial charge in [0.25, 0.3) is 0 Å². The summed E-state index contributed by atoms with van der Waals surface area (Å²) in [5, 5.41) is 11.3. The highest BCUT2D eigenvalue weighted by molar-refractivity contribution is 5.85. The standard InChI is InChI=1S/C21H32N4O3/c1-14(2)19-23-24-20(28-19)21-10-8-16(21)9-11-25(21)18(27)13-22-17(26)12-15-6-4-3-5-7-15/h14-16H,3-13H2,1-2H3,(H,22,26)/t16-,21-/m0/s1. The average Bonchev–Trinajstić information content (AvgIpc) is 3.24. The molecule has 2 aliphatic carbocycles. The molecular formula is C21H32N4O3. The van der Waals surface area contributed by atoms with E-state index in [1.807, 2.05) is 18.7 Å². The molecule has 1 aromatic heterocycles. The van der Waals surface area contributed by atoms with Crippen LogP contribution in [0.1, 0.15) is 89.3 Å². The van der Waals surface area contributed by atoms with Gasteiger partial charge < -0.3 is 14.6 Å². The van der Waals surface area contributed by atoms with E-state index in [0.717, 1.165) is 32.1 Å². The second kappa shape index (κ2) is 7.84. The van der Waals surface area contributed by atoms with Gasteiger partial charge in [0, 0.05) is 18.9 Å². The molecule has 3 fully saturated rings. The van der Waals surface area contributed by atoms with Gasteiger partial charge in [0.1, 0.15) is 5.54 Å². The van der Waals surface area contributed by atoms with Crippen LogP contribution in [0.2, 0.25) is 0 Å². The van der Waals surface area contributed by atoms with E-state index in [-0.39, 0.29) is 24.3 Å². The molecule has 2 saturated carbocycles. The number of rotatable bonds is 6. The van der Waals surface area contributed by atoms with E-state index in [9.17, 15) is 9.59 Å². The van der Waals surface area contributed by atoms with E-state index in [0.29, 0.717) is 36.6 Å². The number of amides is 2. The van der Waals surface area contributed by atoms with Gasteiger partial charge in [0.15, 0.2) is 0 Å². The Hall–Kier alpha value is -1.92. The van der Waals surface area contributed by atoms with Crippen molar-refractivity contribution < 1.29 is 14.0 Å². The molecule has 1 saturated heterocycles. The zero-order chi connectivity index (χ0) is 19.7. The Morgan fingerprint density at radius 3 is 2.61 bits per heavy atom. The van der Waals surface area contributed by atoms with E-state index < -0.39 is 5.54 Å². The number of carbonyl (C=O) groups excluding carboxylic acids is 2. The number of fused-ring (bicyclic) bond motifs is 1. The molecule has 0 bridgehead atoms. The van der Waals surface area contributed by atoms with E-state index >= 15 is 0 Å². The molecule has 2 amide bonds. The largest absolute Gasteiger partial charge is 0.422 e. The Kier molecular flexibility index (Phi) is 5.43. The monoisotopic (exact) mass is 388 g/mol. The molecule has 1 aliphatic heterocycles. The second-order valence-electron chi connectivity index (χ2n) is 9.08. The third kappa shape index (κ3) is 3.44. The van der Waals surface area contributed by atoms with Gasteiger partial charge in [0.2, 0.25) is 23.6 Å². The third-order valence-electron chi connectivity index (χ3n) is 6.97. The lowest BCUT2D eigenvalue weighted by atomic mass is 9.67. The van der Waals surface area contributed by atoms with Crippen molar-refractivity contribution in [2.75, 3.05) is 13.1 Å². The molecule has 7 heteroatoms. The first-order valence-electron chi connectivity index (χ1n) is 10.9. The first-order chi connectivity index (χ1) is 13.5. The van der Waals surface area contributed by atoms with Gasteiger partial charge in [-0.1, -0.05) is 33.1 Å². The highest BCUT2D eigenvalue weighted by atomic mass is 16.4. The van der Waals surface area contributed by atoms with Crippen molar-refractivity contribution in [3.8, 4) is 0 Å². The number of carbonyl (C=O) groups is 2. The van der Waals surface area contributed by atoms with Crippen LogP contribution in [0.25, 0.3) is 0 Å². The molecule has 0 aromatic carbocycles. The predicted octanol–water partition coefficient (Wildman–Crippen LogP) is 3.12. The van der Waals surface area contributed by atoms with Crippen LogP contribution in [-0.4, -0.2) is 40.0 Å². The van der Waals surface area contributed by atoms with Gasteiger partial charge in [-0.3, -0.25) is 9.59 Å². The molecule has 28 heavy (non-hydrogen) atoms. The molecule has 154 valence electrons. The Labute approximate surface area is 166 Å². The van der Waals surface area contributed by atoms with Crippen molar-refractivity contribution in [2.24, 2.45) is 11.8 Å². The molecule has 4 rings (SSSR count). The van der Waals surface area contributed by atoms with Crippen LogP contribution in [0.15, 0.2) is 4.42 Å². The van der Waals surface area contributed by atoms with Crippen LogP contribution in [0.4, 0.5) is 0 Å². The summed E-state index contributed by atoms with van der Waals surface area (Å²) >= 11 is 0.